The van der Waals surface area contributed by atoms with Crippen LogP contribution in [0.1, 0.15) is 51.7 Å². The molecule has 35 heavy (non-hydrogen) atoms. The van der Waals surface area contributed by atoms with Gasteiger partial charge in [0.25, 0.3) is 0 Å². The molecule has 7 heteroatoms. The standard InChI is InChI=1S/C28H35NO5S/c1-20(30)34-24-17-25(31)29(18-21-11-7-5-8-12-21)26(24)23(27(32)35-28(2,3)4)15-16-33-19-22-13-9-6-10-14-22/h5-14,23-24,26H,15-19H2,1-4H3/t23-,24+,26-/m1/s1. The van der Waals surface area contributed by atoms with Crippen LogP contribution in [0, 0.1) is 5.92 Å². The molecule has 0 bridgehead atoms. The molecule has 0 unspecified atom stereocenters. The third kappa shape index (κ3) is 8.22. The summed E-state index contributed by atoms with van der Waals surface area (Å²) in [7, 11) is 0. The van der Waals surface area contributed by atoms with Crippen molar-refractivity contribution in [2.45, 2.75) is 70.6 Å². The molecular weight excluding hydrogens is 462 g/mol. The first-order valence-electron chi connectivity index (χ1n) is 12.0. The number of thioether (sulfide) groups is 1. The molecule has 3 rings (SSSR count). The second-order valence-electron chi connectivity index (χ2n) is 9.82. The van der Waals surface area contributed by atoms with E-state index in [1.807, 2.05) is 81.4 Å². The zero-order valence-corrected chi connectivity index (χ0v) is 21.8. The van der Waals surface area contributed by atoms with Crippen LogP contribution >= 0.6 is 11.8 Å². The molecule has 0 aromatic heterocycles. The van der Waals surface area contributed by atoms with Gasteiger partial charge in [0.05, 0.1) is 25.0 Å². The summed E-state index contributed by atoms with van der Waals surface area (Å²) in [5.74, 6) is -1.10. The lowest BCUT2D eigenvalue weighted by Crippen LogP contribution is -2.46. The number of benzene rings is 2. The molecule has 6 nitrogen and oxygen atoms in total. The molecule has 0 saturated carbocycles. The first-order chi connectivity index (χ1) is 16.6. The van der Waals surface area contributed by atoms with Crippen LogP contribution in [0.5, 0.6) is 0 Å². The average Bonchev–Trinajstić information content (AvgIpc) is 3.07. The Morgan fingerprint density at radius 2 is 1.63 bits per heavy atom. The van der Waals surface area contributed by atoms with Crippen molar-refractivity contribution in [3.05, 3.63) is 71.8 Å². The molecular formula is C28H35NO5S. The van der Waals surface area contributed by atoms with Gasteiger partial charge in [0.15, 0.2) is 5.12 Å². The summed E-state index contributed by atoms with van der Waals surface area (Å²) < 4.78 is 11.2. The number of rotatable bonds is 10. The molecule has 1 aliphatic rings. The third-order valence-electron chi connectivity index (χ3n) is 5.76. The number of amides is 1. The van der Waals surface area contributed by atoms with Crippen LogP contribution in [0.2, 0.25) is 0 Å². The van der Waals surface area contributed by atoms with E-state index in [1.165, 1.54) is 18.7 Å². The Bertz CT molecular complexity index is 989. The number of carbonyl (C=O) groups is 3. The SMILES string of the molecule is CC(=O)O[C@H]1CC(=O)N(Cc2ccccc2)[C@@H]1[C@@H](CCOCc1ccccc1)C(=O)SC(C)(C)C. The molecule has 2 aromatic carbocycles. The van der Waals surface area contributed by atoms with Gasteiger partial charge >= 0.3 is 5.97 Å². The highest BCUT2D eigenvalue weighted by Gasteiger charge is 2.48. The van der Waals surface area contributed by atoms with Gasteiger partial charge in [0, 0.05) is 24.8 Å². The maximum absolute atomic E-state index is 13.6. The fourth-order valence-electron chi connectivity index (χ4n) is 4.33. The van der Waals surface area contributed by atoms with Crippen LogP contribution in [0.25, 0.3) is 0 Å². The second-order valence-corrected chi connectivity index (χ2v) is 11.6. The van der Waals surface area contributed by atoms with Crippen LogP contribution in [-0.2, 0) is 37.0 Å². The number of esters is 1. The highest BCUT2D eigenvalue weighted by molar-refractivity contribution is 8.14. The summed E-state index contributed by atoms with van der Waals surface area (Å²) in [5, 5.41) is -0.0178. The summed E-state index contributed by atoms with van der Waals surface area (Å²) in [4.78, 5) is 40.3. The van der Waals surface area contributed by atoms with E-state index >= 15 is 0 Å². The minimum absolute atomic E-state index is 0.0178. The van der Waals surface area contributed by atoms with Crippen LogP contribution < -0.4 is 0 Å². The molecule has 1 saturated heterocycles. The predicted octanol–water partition coefficient (Wildman–Crippen LogP) is 5.00. The van der Waals surface area contributed by atoms with Crippen molar-refractivity contribution in [3.8, 4) is 0 Å². The fourth-order valence-corrected chi connectivity index (χ4v) is 5.34. The number of carbonyl (C=O) groups excluding carboxylic acids is 3. The third-order valence-corrected chi connectivity index (χ3v) is 6.87. The van der Waals surface area contributed by atoms with Gasteiger partial charge in [-0.05, 0) is 17.5 Å². The number of hydrogen-bond acceptors (Lipinski definition) is 6. The van der Waals surface area contributed by atoms with Gasteiger partial charge in [-0.2, -0.15) is 0 Å². The zero-order valence-electron chi connectivity index (χ0n) is 20.9. The monoisotopic (exact) mass is 497 g/mol. The molecule has 0 spiro atoms. The lowest BCUT2D eigenvalue weighted by molar-refractivity contribution is -0.149. The van der Waals surface area contributed by atoms with Gasteiger partial charge in [0.1, 0.15) is 6.10 Å². The van der Waals surface area contributed by atoms with Gasteiger partial charge < -0.3 is 14.4 Å². The van der Waals surface area contributed by atoms with Gasteiger partial charge in [-0.25, -0.2) is 0 Å². The second kappa shape index (κ2) is 12.4. The van der Waals surface area contributed by atoms with Crippen molar-refractivity contribution in [3.63, 3.8) is 0 Å². The molecule has 0 aliphatic carbocycles. The van der Waals surface area contributed by atoms with Gasteiger partial charge in [-0.1, -0.05) is 93.2 Å². The van der Waals surface area contributed by atoms with E-state index in [4.69, 9.17) is 9.47 Å². The van der Waals surface area contributed by atoms with Crippen molar-refractivity contribution in [1.29, 1.82) is 0 Å². The van der Waals surface area contributed by atoms with Crippen molar-refractivity contribution in [1.82, 2.24) is 4.90 Å². The largest absolute Gasteiger partial charge is 0.460 e. The summed E-state index contributed by atoms with van der Waals surface area (Å²) in [5.41, 5.74) is 2.02. The number of nitrogens with zero attached hydrogens (tertiary/aromatic N) is 1. The number of likely N-dealkylation sites (tertiary alicyclic amines) is 1. The summed E-state index contributed by atoms with van der Waals surface area (Å²) in [6.45, 7) is 8.46. The zero-order chi connectivity index (χ0) is 25.4. The Morgan fingerprint density at radius 1 is 1.03 bits per heavy atom. The van der Waals surface area contributed by atoms with Crippen molar-refractivity contribution < 1.29 is 23.9 Å². The van der Waals surface area contributed by atoms with Crippen molar-refractivity contribution in [2.75, 3.05) is 6.61 Å². The van der Waals surface area contributed by atoms with Gasteiger partial charge in [0.2, 0.25) is 5.91 Å². The van der Waals surface area contributed by atoms with E-state index in [2.05, 4.69) is 0 Å². The Kier molecular flexibility index (Phi) is 9.52. The molecule has 3 atom stereocenters. The molecule has 2 aromatic rings. The van der Waals surface area contributed by atoms with E-state index < -0.39 is 24.0 Å². The Morgan fingerprint density at radius 3 is 2.20 bits per heavy atom. The van der Waals surface area contributed by atoms with E-state index in [1.54, 1.807) is 4.90 Å². The Balaban J connectivity index is 1.84. The normalized spacial score (nSPS) is 19.0. The molecule has 1 amide bonds. The van der Waals surface area contributed by atoms with Crippen LogP contribution in [0.3, 0.4) is 0 Å². The molecule has 1 heterocycles. The summed E-state index contributed by atoms with van der Waals surface area (Å²) in [6.07, 6.45) is -0.172. The van der Waals surface area contributed by atoms with Gasteiger partial charge in [-0.3, -0.25) is 14.4 Å². The maximum Gasteiger partial charge on any atom is 0.302 e. The average molecular weight is 498 g/mol. The van der Waals surface area contributed by atoms with Crippen LogP contribution in [-0.4, -0.2) is 45.4 Å². The van der Waals surface area contributed by atoms with E-state index in [0.29, 0.717) is 26.2 Å². The van der Waals surface area contributed by atoms with Crippen molar-refractivity contribution >= 4 is 28.8 Å². The molecule has 0 N–H and O–H groups in total. The maximum atomic E-state index is 13.6. The number of hydrogen-bond donors (Lipinski definition) is 0. The van der Waals surface area contributed by atoms with Crippen LogP contribution in [0.4, 0.5) is 0 Å². The van der Waals surface area contributed by atoms with E-state index in [-0.39, 0.29) is 22.2 Å². The van der Waals surface area contributed by atoms with E-state index in [9.17, 15) is 14.4 Å². The van der Waals surface area contributed by atoms with Crippen LogP contribution in [0.15, 0.2) is 60.7 Å². The summed E-state index contributed by atoms with van der Waals surface area (Å²) >= 11 is 1.26. The highest BCUT2D eigenvalue weighted by atomic mass is 32.2. The molecule has 1 fully saturated rings. The topological polar surface area (TPSA) is 72.9 Å². The first-order valence-corrected chi connectivity index (χ1v) is 12.8. The Hall–Kier alpha value is -2.64. The summed E-state index contributed by atoms with van der Waals surface area (Å²) in [6, 6.07) is 19.0. The highest BCUT2D eigenvalue weighted by Crippen LogP contribution is 2.37. The smallest absolute Gasteiger partial charge is 0.302 e. The van der Waals surface area contributed by atoms with Gasteiger partial charge in [-0.15, -0.1) is 0 Å². The minimum atomic E-state index is -0.674. The minimum Gasteiger partial charge on any atom is -0.460 e. The first kappa shape index (κ1) is 27.0. The molecule has 0 radical (unpaired) electrons. The number of ether oxygens (including phenoxy) is 2. The van der Waals surface area contributed by atoms with Crippen molar-refractivity contribution in [2.24, 2.45) is 5.92 Å². The lowest BCUT2D eigenvalue weighted by Gasteiger charge is -2.34. The molecule has 1 aliphatic heterocycles. The Labute approximate surface area is 212 Å². The predicted molar refractivity (Wildman–Crippen MR) is 138 cm³/mol. The lowest BCUT2D eigenvalue weighted by atomic mass is 9.93. The van der Waals surface area contributed by atoms with E-state index in [0.717, 1.165) is 11.1 Å². The quantitative estimate of drug-likeness (QED) is 0.340. The fraction of sp³-hybridized carbons (Fsp3) is 0.464. The molecule has 188 valence electrons.